The van der Waals surface area contributed by atoms with Crippen LogP contribution in [0.1, 0.15) is 5.56 Å². The Labute approximate surface area is 107 Å². The maximum absolute atomic E-state index is 11.2. The molecule has 0 aliphatic carbocycles. The number of nitro groups is 1. The number of benzene rings is 1. The minimum atomic E-state index is -0.810. The van der Waals surface area contributed by atoms with Gasteiger partial charge in [-0.15, -0.1) is 0 Å². The van der Waals surface area contributed by atoms with E-state index in [4.69, 9.17) is 16.9 Å². The average Bonchev–Trinajstić information content (AvgIpc) is 2.36. The highest BCUT2D eigenvalue weighted by Crippen LogP contribution is 2.26. The summed E-state index contributed by atoms with van der Waals surface area (Å²) in [6.07, 6.45) is 1.19. The van der Waals surface area contributed by atoms with Crippen LogP contribution in [-0.2, 0) is 9.53 Å². The molecule has 0 amide bonds. The maximum Gasteiger partial charge on any atom is 0.348 e. The molecule has 0 bridgehead atoms. The van der Waals surface area contributed by atoms with E-state index in [-0.39, 0.29) is 16.3 Å². The number of ether oxygens (including phenoxy) is 1. The summed E-state index contributed by atoms with van der Waals surface area (Å²) in [5.41, 5.74) is -0.241. The molecule has 1 aromatic carbocycles. The number of nitriles is 1. The number of carbonyl (C=O) groups excluding carboxylic acids is 1. The van der Waals surface area contributed by atoms with E-state index in [1.165, 1.54) is 24.3 Å². The third-order valence-corrected chi connectivity index (χ3v) is 2.32. The Morgan fingerprint density at radius 3 is 2.78 bits per heavy atom. The van der Waals surface area contributed by atoms with Crippen molar-refractivity contribution in [3.63, 3.8) is 0 Å². The Kier molecular flexibility index (Phi) is 4.40. The predicted octanol–water partition coefficient (Wildman–Crippen LogP) is 2.33. The first-order valence-electron chi connectivity index (χ1n) is 4.63. The average molecular weight is 267 g/mol. The molecule has 0 aromatic heterocycles. The first-order chi connectivity index (χ1) is 8.49. The number of halogens is 1. The van der Waals surface area contributed by atoms with Gasteiger partial charge in [0.2, 0.25) is 0 Å². The third kappa shape index (κ3) is 3.06. The van der Waals surface area contributed by atoms with E-state index in [2.05, 4.69) is 4.74 Å². The van der Waals surface area contributed by atoms with E-state index >= 15 is 0 Å². The molecule has 0 spiro atoms. The summed E-state index contributed by atoms with van der Waals surface area (Å²) in [4.78, 5) is 21.2. The van der Waals surface area contributed by atoms with Crippen molar-refractivity contribution >= 4 is 29.3 Å². The summed E-state index contributed by atoms with van der Waals surface area (Å²) in [6.45, 7) is 0. The summed E-state index contributed by atoms with van der Waals surface area (Å²) in [7, 11) is 1.14. The van der Waals surface area contributed by atoms with Crippen molar-refractivity contribution in [2.75, 3.05) is 7.11 Å². The number of carbonyl (C=O) groups is 1. The van der Waals surface area contributed by atoms with Crippen LogP contribution >= 0.6 is 11.6 Å². The van der Waals surface area contributed by atoms with Crippen LogP contribution in [0.15, 0.2) is 23.8 Å². The predicted molar refractivity (Wildman–Crippen MR) is 63.7 cm³/mol. The first kappa shape index (κ1) is 13.7. The summed E-state index contributed by atoms with van der Waals surface area (Å²) in [5.74, 6) is -0.810. The smallest absolute Gasteiger partial charge is 0.348 e. The van der Waals surface area contributed by atoms with Crippen molar-refractivity contribution < 1.29 is 14.5 Å². The van der Waals surface area contributed by atoms with Crippen molar-refractivity contribution in [1.82, 2.24) is 0 Å². The van der Waals surface area contributed by atoms with Crippen LogP contribution in [0.3, 0.4) is 0 Å². The van der Waals surface area contributed by atoms with Gasteiger partial charge in [-0.05, 0) is 17.7 Å². The third-order valence-electron chi connectivity index (χ3n) is 2.00. The fourth-order valence-electron chi connectivity index (χ4n) is 1.17. The van der Waals surface area contributed by atoms with Gasteiger partial charge < -0.3 is 4.74 Å². The van der Waals surface area contributed by atoms with Crippen LogP contribution in [0.2, 0.25) is 5.02 Å². The zero-order valence-electron chi connectivity index (χ0n) is 9.21. The molecule has 0 aliphatic rings. The van der Waals surface area contributed by atoms with Crippen molar-refractivity contribution in [3.8, 4) is 6.07 Å². The molecule has 1 aromatic rings. The summed E-state index contributed by atoms with van der Waals surface area (Å²) < 4.78 is 4.39. The molecule has 0 radical (unpaired) electrons. The highest BCUT2D eigenvalue weighted by Gasteiger charge is 2.14. The van der Waals surface area contributed by atoms with Crippen LogP contribution in [-0.4, -0.2) is 18.0 Å². The molecule has 0 saturated carbocycles. The fraction of sp³-hybridized carbons (Fsp3) is 0.0909. The van der Waals surface area contributed by atoms with Crippen molar-refractivity contribution in [3.05, 3.63) is 44.5 Å². The first-order valence-corrected chi connectivity index (χ1v) is 5.01. The fourth-order valence-corrected chi connectivity index (χ4v) is 1.36. The van der Waals surface area contributed by atoms with Gasteiger partial charge >= 0.3 is 5.97 Å². The maximum atomic E-state index is 11.2. The topological polar surface area (TPSA) is 93.2 Å². The zero-order valence-corrected chi connectivity index (χ0v) is 9.97. The second-order valence-electron chi connectivity index (χ2n) is 3.13. The minimum Gasteiger partial charge on any atom is -0.465 e. The molecule has 1 rings (SSSR count). The van der Waals surface area contributed by atoms with E-state index in [1.807, 2.05) is 0 Å². The number of rotatable bonds is 3. The Bertz CT molecular complexity index is 575. The quantitative estimate of drug-likeness (QED) is 0.275. The number of hydrogen-bond acceptors (Lipinski definition) is 5. The van der Waals surface area contributed by atoms with Crippen LogP contribution in [0.25, 0.3) is 6.08 Å². The normalized spacial score (nSPS) is 10.6. The lowest BCUT2D eigenvalue weighted by molar-refractivity contribution is -0.384. The van der Waals surface area contributed by atoms with Gasteiger partial charge in [-0.3, -0.25) is 10.1 Å². The lowest BCUT2D eigenvalue weighted by Gasteiger charge is -1.99. The van der Waals surface area contributed by atoms with Gasteiger partial charge in [-0.1, -0.05) is 17.7 Å². The molecule has 0 unspecified atom stereocenters. The summed E-state index contributed by atoms with van der Waals surface area (Å²) in [5, 5.41) is 19.4. The van der Waals surface area contributed by atoms with E-state index in [1.54, 1.807) is 6.07 Å². The van der Waals surface area contributed by atoms with Crippen LogP contribution < -0.4 is 0 Å². The largest absolute Gasteiger partial charge is 0.465 e. The number of esters is 1. The molecule has 0 atom stereocenters. The van der Waals surface area contributed by atoms with Crippen LogP contribution in [0, 0.1) is 21.4 Å². The monoisotopic (exact) mass is 266 g/mol. The van der Waals surface area contributed by atoms with Crippen molar-refractivity contribution in [2.45, 2.75) is 0 Å². The molecule has 18 heavy (non-hydrogen) atoms. The zero-order chi connectivity index (χ0) is 13.7. The molecule has 0 N–H and O–H groups in total. The SMILES string of the molecule is COC(=O)C(C#N)=Cc1ccc(Cl)c([N+](=O)[O-])c1. The van der Waals surface area contributed by atoms with Gasteiger partial charge in [0.15, 0.2) is 0 Å². The van der Waals surface area contributed by atoms with Crippen molar-refractivity contribution in [1.29, 1.82) is 5.26 Å². The lowest BCUT2D eigenvalue weighted by Crippen LogP contribution is -2.02. The molecule has 0 saturated heterocycles. The summed E-state index contributed by atoms with van der Waals surface area (Å²) in [6, 6.07) is 5.59. The highest BCUT2D eigenvalue weighted by molar-refractivity contribution is 6.32. The molecular formula is C11H7ClN2O4. The number of nitrogens with zero attached hydrogens (tertiary/aromatic N) is 2. The van der Waals surface area contributed by atoms with E-state index in [9.17, 15) is 14.9 Å². The second-order valence-corrected chi connectivity index (χ2v) is 3.54. The Morgan fingerprint density at radius 1 is 1.61 bits per heavy atom. The Morgan fingerprint density at radius 2 is 2.28 bits per heavy atom. The van der Waals surface area contributed by atoms with Gasteiger partial charge in [0.1, 0.15) is 16.7 Å². The molecule has 0 fully saturated rings. The Balaban J connectivity index is 3.23. The minimum absolute atomic E-state index is 0.0197. The molecule has 0 heterocycles. The molecule has 6 nitrogen and oxygen atoms in total. The van der Waals surface area contributed by atoms with Gasteiger partial charge in [-0.2, -0.15) is 5.26 Å². The van der Waals surface area contributed by atoms with Crippen LogP contribution in [0.5, 0.6) is 0 Å². The number of hydrogen-bond donors (Lipinski definition) is 0. The second kappa shape index (κ2) is 5.80. The molecule has 7 heteroatoms. The molecule has 92 valence electrons. The van der Waals surface area contributed by atoms with Gasteiger partial charge in [0.05, 0.1) is 12.0 Å². The summed E-state index contributed by atoms with van der Waals surface area (Å²) >= 11 is 5.63. The van der Waals surface area contributed by atoms with Gasteiger partial charge in [-0.25, -0.2) is 4.79 Å². The Hall–Kier alpha value is -2.39. The molecular weight excluding hydrogens is 260 g/mol. The van der Waals surface area contributed by atoms with Gasteiger partial charge in [0, 0.05) is 6.07 Å². The standard InChI is InChI=1S/C11H7ClN2O4/c1-18-11(15)8(6-13)4-7-2-3-9(12)10(5-7)14(16)17/h2-5H,1H3. The van der Waals surface area contributed by atoms with Crippen LogP contribution in [0.4, 0.5) is 5.69 Å². The van der Waals surface area contributed by atoms with E-state index in [0.717, 1.165) is 7.11 Å². The van der Waals surface area contributed by atoms with E-state index < -0.39 is 10.9 Å². The van der Waals surface area contributed by atoms with Gasteiger partial charge in [0.25, 0.3) is 5.69 Å². The highest BCUT2D eigenvalue weighted by atomic mass is 35.5. The van der Waals surface area contributed by atoms with Crippen molar-refractivity contribution in [2.24, 2.45) is 0 Å². The van der Waals surface area contributed by atoms with E-state index in [0.29, 0.717) is 5.56 Å². The number of nitro benzene ring substituents is 1. The number of methoxy groups -OCH3 is 1. The lowest BCUT2D eigenvalue weighted by atomic mass is 10.1. The molecule has 0 aliphatic heterocycles.